The zero-order valence-corrected chi connectivity index (χ0v) is 10.9. The Balaban J connectivity index is 0.00000128. The first-order valence-corrected chi connectivity index (χ1v) is 4.35. The third-order valence-corrected chi connectivity index (χ3v) is 2.12. The Morgan fingerprint density at radius 1 is 1.31 bits per heavy atom. The van der Waals surface area contributed by atoms with Crippen LogP contribution in [0.4, 0.5) is 0 Å². The number of ketones is 1. The third kappa shape index (κ3) is 2.04. The normalized spacial score (nSPS) is 9.81. The standard InChI is InChI=1S/C11H8O4.Na/c1-6(12)9-10(13)7-4-2-3-5-8(7)15-11(9)14;/h2-5,14H,1H3;/q;+1/p-1. The average Bonchev–Trinajstić information content (AvgIpc) is 2.17. The molecule has 0 unspecified atom stereocenters. The van der Waals surface area contributed by atoms with Crippen molar-refractivity contribution in [3.63, 3.8) is 0 Å². The van der Waals surface area contributed by atoms with Gasteiger partial charge < -0.3 is 9.52 Å². The molecule has 1 heterocycles. The second kappa shape index (κ2) is 4.82. The molecule has 1 aromatic heterocycles. The molecular weight excluding hydrogens is 219 g/mol. The molecule has 5 heteroatoms. The largest absolute Gasteiger partial charge is 1.00 e. The Morgan fingerprint density at radius 3 is 2.56 bits per heavy atom. The molecule has 4 nitrogen and oxygen atoms in total. The molecule has 0 N–H and O–H groups in total. The van der Waals surface area contributed by atoms with Crippen LogP contribution in [0.1, 0.15) is 17.3 Å². The number of hydrogen-bond donors (Lipinski definition) is 0. The van der Waals surface area contributed by atoms with E-state index in [0.717, 1.165) is 0 Å². The zero-order chi connectivity index (χ0) is 11.0. The van der Waals surface area contributed by atoms with Crippen molar-refractivity contribution < 1.29 is 43.9 Å². The SMILES string of the molecule is CC(=O)c1c([O-])oc2ccccc2c1=O.[Na+]. The Morgan fingerprint density at radius 2 is 1.94 bits per heavy atom. The van der Waals surface area contributed by atoms with E-state index >= 15 is 0 Å². The van der Waals surface area contributed by atoms with Gasteiger partial charge in [0, 0.05) is 11.0 Å². The Kier molecular flexibility index (Phi) is 3.91. The molecular formula is C11H7NaO4. The van der Waals surface area contributed by atoms with Crippen LogP contribution in [0.15, 0.2) is 33.5 Å². The fraction of sp³-hybridized carbons (Fsp3) is 0.0909. The van der Waals surface area contributed by atoms with E-state index in [1.165, 1.54) is 19.1 Å². The van der Waals surface area contributed by atoms with Gasteiger partial charge in [-0.25, -0.2) is 0 Å². The predicted molar refractivity (Wildman–Crippen MR) is 51.9 cm³/mol. The molecule has 0 bridgehead atoms. The van der Waals surface area contributed by atoms with Gasteiger partial charge in [0.25, 0.3) is 0 Å². The minimum Gasteiger partial charge on any atom is -0.578 e. The molecule has 16 heavy (non-hydrogen) atoms. The van der Waals surface area contributed by atoms with Crippen molar-refractivity contribution in [3.8, 4) is 5.95 Å². The van der Waals surface area contributed by atoms with Crippen molar-refractivity contribution in [2.75, 3.05) is 0 Å². The summed E-state index contributed by atoms with van der Waals surface area (Å²) in [6.45, 7) is 1.17. The van der Waals surface area contributed by atoms with E-state index in [9.17, 15) is 14.7 Å². The van der Waals surface area contributed by atoms with Crippen LogP contribution in [0, 0.1) is 0 Å². The van der Waals surface area contributed by atoms with Gasteiger partial charge in [0.05, 0.1) is 11.5 Å². The van der Waals surface area contributed by atoms with E-state index in [2.05, 4.69) is 0 Å². The zero-order valence-electron chi connectivity index (χ0n) is 8.94. The number of fused-ring (bicyclic) bond motifs is 1. The molecule has 0 fully saturated rings. The first-order chi connectivity index (χ1) is 7.11. The van der Waals surface area contributed by atoms with Gasteiger partial charge >= 0.3 is 29.6 Å². The molecule has 0 radical (unpaired) electrons. The monoisotopic (exact) mass is 226 g/mol. The number of hydrogen-bond acceptors (Lipinski definition) is 4. The summed E-state index contributed by atoms with van der Waals surface area (Å²) in [6, 6.07) is 6.33. The quantitative estimate of drug-likeness (QED) is 0.419. The van der Waals surface area contributed by atoms with Crippen LogP contribution in [0.3, 0.4) is 0 Å². The predicted octanol–water partition coefficient (Wildman–Crippen LogP) is -1.93. The maximum Gasteiger partial charge on any atom is 1.00 e. The van der Waals surface area contributed by atoms with Gasteiger partial charge in [-0.05, 0) is 19.1 Å². The maximum atomic E-state index is 11.7. The summed E-state index contributed by atoms with van der Waals surface area (Å²) in [5.41, 5.74) is -0.763. The summed E-state index contributed by atoms with van der Waals surface area (Å²) < 4.78 is 4.86. The van der Waals surface area contributed by atoms with Crippen LogP contribution in [0.25, 0.3) is 11.0 Å². The van der Waals surface area contributed by atoms with E-state index in [0.29, 0.717) is 0 Å². The summed E-state index contributed by atoms with van der Waals surface area (Å²) in [7, 11) is 0. The Hall–Kier alpha value is -1.10. The van der Waals surface area contributed by atoms with E-state index in [1.54, 1.807) is 12.1 Å². The number of rotatable bonds is 1. The first-order valence-electron chi connectivity index (χ1n) is 4.35. The summed E-state index contributed by atoms with van der Waals surface area (Å²) in [5, 5.41) is 11.6. The van der Waals surface area contributed by atoms with Crippen molar-refractivity contribution >= 4 is 16.8 Å². The molecule has 2 aromatic rings. The molecule has 0 atom stereocenters. The van der Waals surface area contributed by atoms with Crippen LogP contribution < -0.4 is 40.1 Å². The minimum atomic E-state index is -0.869. The van der Waals surface area contributed by atoms with Crippen molar-refractivity contribution in [1.29, 1.82) is 0 Å². The van der Waals surface area contributed by atoms with Crippen LogP contribution in [0.2, 0.25) is 0 Å². The molecule has 0 saturated carbocycles. The molecule has 0 aliphatic rings. The number of para-hydroxylation sites is 1. The van der Waals surface area contributed by atoms with Crippen molar-refractivity contribution in [2.24, 2.45) is 0 Å². The van der Waals surface area contributed by atoms with Crippen molar-refractivity contribution in [2.45, 2.75) is 6.92 Å². The van der Waals surface area contributed by atoms with Gasteiger partial charge in [-0.3, -0.25) is 9.59 Å². The average molecular weight is 226 g/mol. The van der Waals surface area contributed by atoms with E-state index in [1.807, 2.05) is 0 Å². The summed E-state index contributed by atoms with van der Waals surface area (Å²) in [4.78, 5) is 22.8. The number of benzene rings is 1. The second-order valence-electron chi connectivity index (χ2n) is 3.15. The van der Waals surface area contributed by atoms with Crippen LogP contribution in [0.5, 0.6) is 5.95 Å². The smallest absolute Gasteiger partial charge is 0.578 e. The molecule has 0 aliphatic heterocycles. The van der Waals surface area contributed by atoms with E-state index < -0.39 is 22.7 Å². The van der Waals surface area contributed by atoms with Crippen LogP contribution in [-0.2, 0) is 0 Å². The van der Waals surface area contributed by atoms with Gasteiger partial charge in [-0.2, -0.15) is 0 Å². The summed E-state index contributed by atoms with van der Waals surface area (Å²) in [6.07, 6.45) is 0. The van der Waals surface area contributed by atoms with E-state index in [-0.39, 0.29) is 40.5 Å². The number of carbonyl (C=O) groups is 1. The molecule has 2 rings (SSSR count). The van der Waals surface area contributed by atoms with Gasteiger partial charge in [-0.1, -0.05) is 12.1 Å². The van der Waals surface area contributed by atoms with Crippen LogP contribution in [-0.4, -0.2) is 5.78 Å². The number of carbonyl (C=O) groups excluding carboxylic acids is 1. The van der Waals surface area contributed by atoms with Gasteiger partial charge in [0.1, 0.15) is 0 Å². The molecule has 0 aliphatic carbocycles. The second-order valence-corrected chi connectivity index (χ2v) is 3.15. The summed E-state index contributed by atoms with van der Waals surface area (Å²) >= 11 is 0. The molecule has 1 aromatic carbocycles. The fourth-order valence-electron chi connectivity index (χ4n) is 1.43. The van der Waals surface area contributed by atoms with Crippen molar-refractivity contribution in [1.82, 2.24) is 0 Å². The topological polar surface area (TPSA) is 70.3 Å². The van der Waals surface area contributed by atoms with Gasteiger partial charge in [0.2, 0.25) is 0 Å². The third-order valence-electron chi connectivity index (χ3n) is 2.12. The first kappa shape index (κ1) is 13.0. The molecule has 76 valence electrons. The maximum absolute atomic E-state index is 11.7. The van der Waals surface area contributed by atoms with E-state index in [4.69, 9.17) is 4.42 Å². The number of Topliss-reactive ketones (excluding diaryl/α,β-unsaturated/α-hetero) is 1. The summed E-state index contributed by atoms with van der Waals surface area (Å²) in [5.74, 6) is -1.44. The van der Waals surface area contributed by atoms with Crippen molar-refractivity contribution in [3.05, 3.63) is 40.1 Å². The Bertz CT molecular complexity index is 600. The van der Waals surface area contributed by atoms with Gasteiger partial charge in [0.15, 0.2) is 11.2 Å². The molecule has 0 spiro atoms. The minimum absolute atomic E-state index is 0. The molecule has 0 saturated heterocycles. The van der Waals surface area contributed by atoms with Gasteiger partial charge in [-0.15, -0.1) is 0 Å². The Labute approximate surface area is 113 Å². The molecule has 0 amide bonds. The fourth-order valence-corrected chi connectivity index (χ4v) is 1.43. The van der Waals surface area contributed by atoms with Crippen LogP contribution >= 0.6 is 0 Å².